The number of carboxylic acid groups (broad SMARTS) is 1. The van der Waals surface area contributed by atoms with E-state index < -0.39 is 12.0 Å². The molecule has 1 aromatic rings. The molecule has 2 aliphatic rings. The van der Waals surface area contributed by atoms with Gasteiger partial charge in [0.15, 0.2) is 0 Å². The van der Waals surface area contributed by atoms with Crippen LogP contribution < -0.4 is 10.1 Å². The predicted molar refractivity (Wildman–Crippen MR) is 90.0 cm³/mol. The fraction of sp³-hybridized carbons (Fsp3) is 0.611. The Hall–Kier alpha value is -1.63. The van der Waals surface area contributed by atoms with Crippen LogP contribution in [0.2, 0.25) is 0 Å². The van der Waals surface area contributed by atoms with Crippen LogP contribution in [-0.4, -0.2) is 60.0 Å². The average Bonchev–Trinajstić information content (AvgIpc) is 2.93. The van der Waals surface area contributed by atoms with Crippen LogP contribution in [0.25, 0.3) is 0 Å². The second-order valence-electron chi connectivity index (χ2n) is 6.89. The SMILES string of the molecule is O=C(O)C1CC2(CCNCC2)CN1Cc1ccccc1OCCO. The van der Waals surface area contributed by atoms with Gasteiger partial charge in [0.25, 0.3) is 0 Å². The lowest BCUT2D eigenvalue weighted by atomic mass is 9.77. The van der Waals surface area contributed by atoms with Gasteiger partial charge < -0.3 is 20.3 Å². The summed E-state index contributed by atoms with van der Waals surface area (Å²) in [4.78, 5) is 13.8. The second-order valence-corrected chi connectivity index (χ2v) is 6.89. The zero-order valence-corrected chi connectivity index (χ0v) is 13.9. The molecule has 2 saturated heterocycles. The van der Waals surface area contributed by atoms with Crippen molar-refractivity contribution in [3.8, 4) is 5.75 Å². The Morgan fingerprint density at radius 2 is 2.08 bits per heavy atom. The number of likely N-dealkylation sites (tertiary alicyclic amines) is 1. The lowest BCUT2D eigenvalue weighted by Gasteiger charge is -2.33. The Morgan fingerprint density at radius 3 is 2.79 bits per heavy atom. The number of nitrogens with one attached hydrogen (secondary N) is 1. The van der Waals surface area contributed by atoms with Crippen LogP contribution in [0, 0.1) is 5.41 Å². The van der Waals surface area contributed by atoms with E-state index in [2.05, 4.69) is 10.2 Å². The number of hydrogen-bond donors (Lipinski definition) is 3. The molecule has 3 N–H and O–H groups in total. The topological polar surface area (TPSA) is 82.0 Å². The molecule has 1 aromatic carbocycles. The molecular formula is C18H26N2O4. The molecule has 24 heavy (non-hydrogen) atoms. The van der Waals surface area contributed by atoms with Gasteiger partial charge in [-0.25, -0.2) is 0 Å². The normalized spacial score (nSPS) is 23.5. The number of para-hydroxylation sites is 1. The van der Waals surface area contributed by atoms with Crippen molar-refractivity contribution in [2.75, 3.05) is 32.8 Å². The Kier molecular flexibility index (Phi) is 5.38. The van der Waals surface area contributed by atoms with Gasteiger partial charge in [0.1, 0.15) is 18.4 Å². The van der Waals surface area contributed by atoms with E-state index in [0.29, 0.717) is 6.54 Å². The Labute approximate surface area is 142 Å². The van der Waals surface area contributed by atoms with E-state index in [4.69, 9.17) is 9.84 Å². The third-order valence-corrected chi connectivity index (χ3v) is 5.25. The molecule has 2 aliphatic heterocycles. The van der Waals surface area contributed by atoms with E-state index in [0.717, 1.165) is 50.2 Å². The first-order chi connectivity index (χ1) is 11.6. The van der Waals surface area contributed by atoms with Gasteiger partial charge >= 0.3 is 5.97 Å². The summed E-state index contributed by atoms with van der Waals surface area (Å²) in [5.74, 6) is -0.0129. The van der Waals surface area contributed by atoms with Crippen LogP contribution >= 0.6 is 0 Å². The van der Waals surface area contributed by atoms with Gasteiger partial charge in [0.2, 0.25) is 0 Å². The van der Waals surface area contributed by atoms with Crippen molar-refractivity contribution in [3.05, 3.63) is 29.8 Å². The summed E-state index contributed by atoms with van der Waals surface area (Å²) >= 11 is 0. The second kappa shape index (κ2) is 7.51. The molecule has 0 bridgehead atoms. The molecule has 3 rings (SSSR count). The Morgan fingerprint density at radius 1 is 1.33 bits per heavy atom. The first-order valence-electron chi connectivity index (χ1n) is 8.63. The lowest BCUT2D eigenvalue weighted by Crippen LogP contribution is -2.38. The van der Waals surface area contributed by atoms with Gasteiger partial charge in [0.05, 0.1) is 6.61 Å². The van der Waals surface area contributed by atoms with E-state index in [-0.39, 0.29) is 18.6 Å². The van der Waals surface area contributed by atoms with E-state index in [1.165, 1.54) is 0 Å². The minimum Gasteiger partial charge on any atom is -0.491 e. The minimum absolute atomic E-state index is 0.0358. The highest BCUT2D eigenvalue weighted by molar-refractivity contribution is 5.74. The number of benzene rings is 1. The summed E-state index contributed by atoms with van der Waals surface area (Å²) in [5.41, 5.74) is 1.10. The molecule has 0 aromatic heterocycles. The van der Waals surface area contributed by atoms with Crippen LogP contribution in [0.3, 0.4) is 0 Å². The van der Waals surface area contributed by atoms with Crippen LogP contribution in [-0.2, 0) is 11.3 Å². The highest BCUT2D eigenvalue weighted by Gasteiger charge is 2.47. The standard InChI is InChI=1S/C18H26N2O4/c21-9-10-24-16-4-2-1-3-14(16)12-20-13-18(5-7-19-8-6-18)11-15(20)17(22)23/h1-4,15,19,21H,5-13H2,(H,22,23). The van der Waals surface area contributed by atoms with Gasteiger partial charge in [-0.15, -0.1) is 0 Å². The van der Waals surface area contributed by atoms with Gasteiger partial charge in [-0.2, -0.15) is 0 Å². The molecule has 6 nitrogen and oxygen atoms in total. The smallest absolute Gasteiger partial charge is 0.320 e. The number of rotatable bonds is 6. The third kappa shape index (κ3) is 3.71. The number of hydrogen-bond acceptors (Lipinski definition) is 5. The third-order valence-electron chi connectivity index (χ3n) is 5.25. The van der Waals surface area contributed by atoms with Gasteiger partial charge in [-0.05, 0) is 43.8 Å². The van der Waals surface area contributed by atoms with E-state index in [1.54, 1.807) is 0 Å². The molecular weight excluding hydrogens is 308 g/mol. The summed E-state index contributed by atoms with van der Waals surface area (Å²) < 4.78 is 5.60. The van der Waals surface area contributed by atoms with Crippen molar-refractivity contribution < 1.29 is 19.7 Å². The highest BCUT2D eigenvalue weighted by Crippen LogP contribution is 2.43. The number of ether oxygens (including phenoxy) is 1. The fourth-order valence-electron chi connectivity index (χ4n) is 4.02. The minimum atomic E-state index is -0.737. The fourth-order valence-corrected chi connectivity index (χ4v) is 4.02. The number of aliphatic hydroxyl groups excluding tert-OH is 1. The molecule has 1 unspecified atom stereocenters. The van der Waals surface area contributed by atoms with Crippen LogP contribution in [0.4, 0.5) is 0 Å². The van der Waals surface area contributed by atoms with Crippen LogP contribution in [0.15, 0.2) is 24.3 Å². The van der Waals surface area contributed by atoms with E-state index >= 15 is 0 Å². The van der Waals surface area contributed by atoms with Crippen molar-refractivity contribution in [1.82, 2.24) is 10.2 Å². The summed E-state index contributed by atoms with van der Waals surface area (Å²) in [6, 6.07) is 7.24. The molecule has 1 atom stereocenters. The molecule has 0 saturated carbocycles. The van der Waals surface area contributed by atoms with E-state index in [1.807, 2.05) is 24.3 Å². The number of aliphatic hydroxyl groups is 1. The van der Waals surface area contributed by atoms with Crippen LogP contribution in [0.5, 0.6) is 5.75 Å². The van der Waals surface area contributed by atoms with E-state index in [9.17, 15) is 9.90 Å². The lowest BCUT2D eigenvalue weighted by molar-refractivity contribution is -0.142. The number of piperidine rings is 1. The van der Waals surface area contributed by atoms with Gasteiger partial charge in [-0.1, -0.05) is 18.2 Å². The molecule has 6 heteroatoms. The summed E-state index contributed by atoms with van der Waals surface area (Å²) in [6.45, 7) is 3.53. The summed E-state index contributed by atoms with van der Waals surface area (Å²) in [6.07, 6.45) is 2.80. The number of aliphatic carboxylic acids is 1. The van der Waals surface area contributed by atoms with Crippen molar-refractivity contribution in [2.24, 2.45) is 5.41 Å². The highest BCUT2D eigenvalue weighted by atomic mass is 16.5. The van der Waals surface area contributed by atoms with Gasteiger partial charge in [0, 0.05) is 18.7 Å². The van der Waals surface area contributed by atoms with Crippen LogP contribution in [0.1, 0.15) is 24.8 Å². The molecule has 2 fully saturated rings. The average molecular weight is 334 g/mol. The molecule has 0 aliphatic carbocycles. The number of nitrogens with zero attached hydrogens (tertiary/aromatic N) is 1. The van der Waals surface area contributed by atoms with Gasteiger partial charge in [-0.3, -0.25) is 9.69 Å². The first-order valence-corrected chi connectivity index (χ1v) is 8.63. The predicted octanol–water partition coefficient (Wildman–Crippen LogP) is 1.09. The largest absolute Gasteiger partial charge is 0.491 e. The van der Waals surface area contributed by atoms with Crippen molar-refractivity contribution in [1.29, 1.82) is 0 Å². The van der Waals surface area contributed by atoms with Crippen molar-refractivity contribution in [3.63, 3.8) is 0 Å². The maximum absolute atomic E-state index is 11.8. The number of carbonyl (C=O) groups is 1. The molecule has 2 heterocycles. The molecule has 132 valence electrons. The zero-order valence-electron chi connectivity index (χ0n) is 13.9. The Bertz CT molecular complexity index is 572. The maximum atomic E-state index is 11.8. The molecule has 0 radical (unpaired) electrons. The first kappa shape index (κ1) is 17.2. The van der Waals surface area contributed by atoms with Crippen molar-refractivity contribution in [2.45, 2.75) is 31.8 Å². The maximum Gasteiger partial charge on any atom is 0.320 e. The monoisotopic (exact) mass is 334 g/mol. The number of carboxylic acids is 1. The molecule has 1 spiro atoms. The molecule has 0 amide bonds. The zero-order chi connectivity index (χ0) is 17.0. The summed E-state index contributed by atoms with van der Waals surface area (Å²) in [5, 5.41) is 22.0. The van der Waals surface area contributed by atoms with Crippen molar-refractivity contribution >= 4 is 5.97 Å². The summed E-state index contributed by atoms with van der Waals surface area (Å²) in [7, 11) is 0. The Balaban J connectivity index is 1.76. The quantitative estimate of drug-likeness (QED) is 0.722.